The van der Waals surface area contributed by atoms with Gasteiger partial charge in [0.25, 0.3) is 11.8 Å². The van der Waals surface area contributed by atoms with Crippen LogP contribution in [0.3, 0.4) is 0 Å². The lowest BCUT2D eigenvalue weighted by Gasteiger charge is -2.47. The van der Waals surface area contributed by atoms with Gasteiger partial charge in [-0.1, -0.05) is 47.8 Å². The molecule has 2 aliphatic heterocycles. The Labute approximate surface area is 219 Å². The van der Waals surface area contributed by atoms with Crippen LogP contribution in [0, 0.1) is 0 Å². The van der Waals surface area contributed by atoms with Crippen molar-refractivity contribution in [3.05, 3.63) is 62.1 Å². The van der Waals surface area contributed by atoms with E-state index < -0.39 is 11.8 Å². The fourth-order valence-electron chi connectivity index (χ4n) is 4.93. The van der Waals surface area contributed by atoms with E-state index in [1.165, 1.54) is 11.0 Å². The molecule has 2 amide bonds. The van der Waals surface area contributed by atoms with Crippen LogP contribution in [0.1, 0.15) is 51.2 Å². The van der Waals surface area contributed by atoms with Crippen molar-refractivity contribution in [1.82, 2.24) is 5.32 Å². The summed E-state index contributed by atoms with van der Waals surface area (Å²) in [4.78, 5) is 29.7. The van der Waals surface area contributed by atoms with E-state index >= 15 is 0 Å². The first-order valence-electron chi connectivity index (χ1n) is 10.9. The molecule has 1 fully saturated rings. The van der Waals surface area contributed by atoms with E-state index in [0.717, 1.165) is 24.2 Å². The fourth-order valence-corrected chi connectivity index (χ4v) is 5.79. The molecule has 34 heavy (non-hydrogen) atoms. The molecular formula is C25H24Cl3N3O2S. The van der Waals surface area contributed by atoms with Gasteiger partial charge in [0.1, 0.15) is 5.57 Å². The third-order valence-corrected chi connectivity index (χ3v) is 7.81. The van der Waals surface area contributed by atoms with E-state index in [0.29, 0.717) is 16.3 Å². The summed E-state index contributed by atoms with van der Waals surface area (Å²) in [5.41, 5.74) is 2.99. The van der Waals surface area contributed by atoms with E-state index in [2.05, 4.69) is 37.9 Å². The molecule has 178 valence electrons. The van der Waals surface area contributed by atoms with Gasteiger partial charge in [-0.2, -0.15) is 0 Å². The smallest absolute Gasteiger partial charge is 0.270 e. The lowest BCUT2D eigenvalue weighted by molar-refractivity contribution is -0.122. The predicted octanol–water partition coefficient (Wildman–Crippen LogP) is 6.59. The quantitative estimate of drug-likeness (QED) is 0.273. The number of benzene rings is 2. The van der Waals surface area contributed by atoms with Gasteiger partial charge < -0.3 is 4.90 Å². The summed E-state index contributed by atoms with van der Waals surface area (Å²) in [5, 5.41) is 3.39. The predicted molar refractivity (Wildman–Crippen MR) is 144 cm³/mol. The number of nitrogens with one attached hydrogen (secondary N) is 1. The Morgan fingerprint density at radius 3 is 2.53 bits per heavy atom. The molecule has 2 aliphatic rings. The van der Waals surface area contributed by atoms with E-state index in [1.54, 1.807) is 18.2 Å². The van der Waals surface area contributed by atoms with Gasteiger partial charge in [0, 0.05) is 22.8 Å². The third kappa shape index (κ3) is 4.22. The van der Waals surface area contributed by atoms with Gasteiger partial charge in [-0.15, -0.1) is 0 Å². The van der Waals surface area contributed by atoms with Crippen LogP contribution in [0.25, 0.3) is 6.08 Å². The molecule has 4 rings (SSSR count). The molecule has 0 radical (unpaired) electrons. The number of amides is 2. The second-order valence-corrected chi connectivity index (χ2v) is 10.7. The highest BCUT2D eigenvalue weighted by Gasteiger charge is 2.38. The number of halogens is 3. The van der Waals surface area contributed by atoms with E-state index in [-0.39, 0.29) is 32.2 Å². The van der Waals surface area contributed by atoms with Gasteiger partial charge in [0.15, 0.2) is 5.11 Å². The first-order chi connectivity index (χ1) is 16.0. The second-order valence-electron chi connectivity index (χ2n) is 9.13. The van der Waals surface area contributed by atoms with Crippen LogP contribution in [-0.4, -0.2) is 29.0 Å². The number of anilines is 2. The summed E-state index contributed by atoms with van der Waals surface area (Å²) in [6.45, 7) is 9.59. The largest absolute Gasteiger partial charge is 0.366 e. The minimum absolute atomic E-state index is 0.00385. The van der Waals surface area contributed by atoms with Gasteiger partial charge >= 0.3 is 0 Å². The first-order valence-corrected chi connectivity index (χ1v) is 12.5. The first kappa shape index (κ1) is 25.0. The lowest BCUT2D eigenvalue weighted by Crippen LogP contribution is -2.54. The molecular weight excluding hydrogens is 513 g/mol. The number of nitrogens with zero attached hydrogens (tertiary/aromatic N) is 2. The number of fused-ring (bicyclic) bond motifs is 1. The summed E-state index contributed by atoms with van der Waals surface area (Å²) in [7, 11) is 0. The van der Waals surface area contributed by atoms with Gasteiger partial charge in [-0.3, -0.25) is 19.8 Å². The fraction of sp³-hybridized carbons (Fsp3) is 0.320. The highest BCUT2D eigenvalue weighted by molar-refractivity contribution is 7.80. The van der Waals surface area contributed by atoms with Crippen LogP contribution in [0.2, 0.25) is 15.1 Å². The molecule has 9 heteroatoms. The minimum atomic E-state index is -0.601. The molecule has 0 aromatic heterocycles. The normalized spacial score (nSPS) is 21.1. The van der Waals surface area contributed by atoms with E-state index in [4.69, 9.17) is 47.0 Å². The molecule has 0 spiro atoms. The highest BCUT2D eigenvalue weighted by atomic mass is 35.5. The Bertz CT molecular complexity index is 1260. The summed E-state index contributed by atoms with van der Waals surface area (Å²) in [5.74, 6) is -0.911. The number of carbonyl (C=O) groups excluding carboxylic acids is 2. The van der Waals surface area contributed by atoms with Gasteiger partial charge in [-0.05, 0) is 86.8 Å². The molecule has 2 heterocycles. The highest BCUT2D eigenvalue weighted by Crippen LogP contribution is 2.45. The molecule has 1 atom stereocenters. The Morgan fingerprint density at radius 2 is 1.85 bits per heavy atom. The van der Waals surface area contributed by atoms with Crippen molar-refractivity contribution < 1.29 is 9.59 Å². The van der Waals surface area contributed by atoms with E-state index in [1.807, 2.05) is 12.1 Å². The summed E-state index contributed by atoms with van der Waals surface area (Å²) in [6.07, 6.45) is 2.48. The Balaban J connectivity index is 1.80. The maximum atomic E-state index is 13.4. The van der Waals surface area contributed by atoms with Crippen molar-refractivity contribution in [1.29, 1.82) is 0 Å². The zero-order chi connectivity index (χ0) is 24.9. The SMILES string of the molecule is CCN1c2cc(Cl)c(/C=C3/C(=O)NC(=S)N(c4cccc(Cl)c4Cl)C3=O)cc2C(C)CC1(C)C. The molecule has 2 aromatic rings. The average molecular weight is 537 g/mol. The molecule has 5 nitrogen and oxygen atoms in total. The van der Waals surface area contributed by atoms with Crippen molar-refractivity contribution in [2.45, 2.75) is 45.6 Å². The monoisotopic (exact) mass is 535 g/mol. The Morgan fingerprint density at radius 1 is 1.15 bits per heavy atom. The lowest BCUT2D eigenvalue weighted by atomic mass is 9.79. The number of hydrogen-bond acceptors (Lipinski definition) is 4. The molecule has 0 saturated carbocycles. The molecule has 2 aromatic carbocycles. The van der Waals surface area contributed by atoms with E-state index in [9.17, 15) is 9.59 Å². The van der Waals surface area contributed by atoms with Crippen LogP contribution >= 0.6 is 47.0 Å². The Kier molecular flexibility index (Phi) is 6.73. The number of rotatable bonds is 3. The summed E-state index contributed by atoms with van der Waals surface area (Å²) >= 11 is 24.4. The zero-order valence-corrected chi connectivity index (χ0v) is 22.3. The maximum absolute atomic E-state index is 13.4. The maximum Gasteiger partial charge on any atom is 0.270 e. The molecule has 1 N–H and O–H groups in total. The number of hydrogen-bond donors (Lipinski definition) is 1. The topological polar surface area (TPSA) is 52.7 Å². The standard InChI is InChI=1S/C25H24Cl3N3O2S/c1-5-30-20-11-18(27)14(9-15(20)13(2)12-25(30,3)4)10-16-22(32)29-24(34)31(23(16)33)19-8-6-7-17(26)21(19)28/h6-11,13H,5,12H2,1-4H3,(H,29,32,34)/b16-10-. The van der Waals surface area contributed by atoms with Crippen molar-refractivity contribution >= 4 is 81.4 Å². The molecule has 0 aliphatic carbocycles. The van der Waals surface area contributed by atoms with Crippen LogP contribution in [-0.2, 0) is 9.59 Å². The number of carbonyl (C=O) groups is 2. The summed E-state index contributed by atoms with van der Waals surface area (Å²) < 4.78 is 0. The van der Waals surface area contributed by atoms with Crippen LogP contribution < -0.4 is 15.1 Å². The van der Waals surface area contributed by atoms with Gasteiger partial charge in [-0.25, -0.2) is 0 Å². The van der Waals surface area contributed by atoms with Crippen molar-refractivity contribution in [3.63, 3.8) is 0 Å². The van der Waals surface area contributed by atoms with Crippen LogP contribution in [0.15, 0.2) is 35.9 Å². The average Bonchev–Trinajstić information content (AvgIpc) is 2.74. The number of thiocarbonyl (C=S) groups is 1. The van der Waals surface area contributed by atoms with Gasteiger partial charge in [0.2, 0.25) is 0 Å². The Hall–Kier alpha value is -2.12. The minimum Gasteiger partial charge on any atom is -0.366 e. The van der Waals surface area contributed by atoms with Crippen molar-refractivity contribution in [2.24, 2.45) is 0 Å². The third-order valence-electron chi connectivity index (χ3n) is 6.39. The second kappa shape index (κ2) is 9.15. The van der Waals surface area contributed by atoms with Crippen molar-refractivity contribution in [3.8, 4) is 0 Å². The van der Waals surface area contributed by atoms with Gasteiger partial charge in [0.05, 0.1) is 15.7 Å². The molecule has 1 unspecified atom stereocenters. The van der Waals surface area contributed by atoms with Crippen LogP contribution in [0.5, 0.6) is 0 Å². The van der Waals surface area contributed by atoms with Crippen LogP contribution in [0.4, 0.5) is 11.4 Å². The van der Waals surface area contributed by atoms with Crippen molar-refractivity contribution in [2.75, 3.05) is 16.3 Å². The molecule has 0 bridgehead atoms. The summed E-state index contributed by atoms with van der Waals surface area (Å²) in [6, 6.07) is 8.77. The zero-order valence-electron chi connectivity index (χ0n) is 19.2. The molecule has 1 saturated heterocycles.